The zero-order valence-corrected chi connectivity index (χ0v) is 13.4. The van der Waals surface area contributed by atoms with Crippen molar-refractivity contribution in [3.63, 3.8) is 0 Å². The molecule has 3 aromatic rings. The summed E-state index contributed by atoms with van der Waals surface area (Å²) in [6, 6.07) is 7.93. The number of halogens is 2. The van der Waals surface area contributed by atoms with Gasteiger partial charge in [-0.2, -0.15) is 5.10 Å². The van der Waals surface area contributed by atoms with E-state index in [0.29, 0.717) is 13.0 Å². The van der Waals surface area contributed by atoms with Gasteiger partial charge in [-0.05, 0) is 25.0 Å². The second-order valence-corrected chi connectivity index (χ2v) is 5.68. The Hall–Kier alpha value is -2.70. The fourth-order valence-electron chi connectivity index (χ4n) is 2.89. The van der Waals surface area contributed by atoms with Crippen LogP contribution in [0.1, 0.15) is 33.7 Å². The van der Waals surface area contributed by atoms with Crippen LogP contribution in [0.2, 0.25) is 0 Å². The third-order valence-electron chi connectivity index (χ3n) is 4.00. The summed E-state index contributed by atoms with van der Waals surface area (Å²) in [4.78, 5) is 15.5. The number of amides is 1. The molecule has 7 heteroatoms. The van der Waals surface area contributed by atoms with Gasteiger partial charge in [-0.3, -0.25) is 9.48 Å². The lowest BCUT2D eigenvalue weighted by atomic mass is 10.1. The van der Waals surface area contributed by atoms with E-state index in [1.807, 2.05) is 31.2 Å². The third-order valence-corrected chi connectivity index (χ3v) is 4.00. The molecule has 24 heavy (non-hydrogen) atoms. The number of carbonyl (C=O) groups is 1. The van der Waals surface area contributed by atoms with Gasteiger partial charge in [0.2, 0.25) is 0 Å². The normalized spacial score (nSPS) is 11.4. The molecule has 0 spiro atoms. The lowest BCUT2D eigenvalue weighted by Gasteiger charge is -2.06. The molecule has 1 amide bonds. The molecule has 0 aliphatic rings. The summed E-state index contributed by atoms with van der Waals surface area (Å²) in [6.45, 7) is 2.34. The molecule has 0 radical (unpaired) electrons. The zero-order chi connectivity index (χ0) is 17.3. The van der Waals surface area contributed by atoms with Crippen LogP contribution in [0.25, 0.3) is 10.9 Å². The molecule has 3 rings (SSSR count). The smallest absolute Gasteiger partial charge is 0.282 e. The summed E-state index contributed by atoms with van der Waals surface area (Å²) in [5, 5.41) is 7.45. The van der Waals surface area contributed by atoms with Gasteiger partial charge in [-0.15, -0.1) is 0 Å². The Morgan fingerprint density at radius 3 is 2.88 bits per heavy atom. The van der Waals surface area contributed by atoms with E-state index in [2.05, 4.69) is 15.4 Å². The van der Waals surface area contributed by atoms with Crippen LogP contribution in [0.15, 0.2) is 30.5 Å². The van der Waals surface area contributed by atoms with Crippen LogP contribution in [-0.2, 0) is 13.5 Å². The predicted octanol–water partition coefficient (Wildman–Crippen LogP) is 3.12. The molecule has 1 aromatic carbocycles. The van der Waals surface area contributed by atoms with E-state index in [9.17, 15) is 13.6 Å². The molecule has 2 N–H and O–H groups in total. The highest BCUT2D eigenvalue weighted by Gasteiger charge is 2.22. The second-order valence-electron chi connectivity index (χ2n) is 5.68. The lowest BCUT2D eigenvalue weighted by molar-refractivity contribution is 0.0939. The van der Waals surface area contributed by atoms with E-state index >= 15 is 0 Å². The second kappa shape index (κ2) is 6.43. The van der Waals surface area contributed by atoms with E-state index in [-0.39, 0.29) is 5.56 Å². The number of aromatic amines is 1. The first-order chi connectivity index (χ1) is 11.5. The highest BCUT2D eigenvalue weighted by Crippen LogP contribution is 2.23. The Balaban J connectivity index is 1.70. The minimum absolute atomic E-state index is 0.0804. The molecule has 0 atom stereocenters. The lowest BCUT2D eigenvalue weighted by Crippen LogP contribution is -2.26. The number of H-pyrrole nitrogens is 1. The molecular formula is C17H18F2N4O. The number of aryl methyl sites for hydroxylation is 2. The van der Waals surface area contributed by atoms with Crippen molar-refractivity contribution in [3.05, 3.63) is 53.0 Å². The quantitative estimate of drug-likeness (QED) is 0.754. The van der Waals surface area contributed by atoms with E-state index in [1.165, 1.54) is 17.9 Å². The summed E-state index contributed by atoms with van der Waals surface area (Å²) in [5.41, 5.74) is 2.64. The average Bonchev–Trinajstić information content (AvgIpc) is 3.08. The Morgan fingerprint density at radius 1 is 1.38 bits per heavy atom. The highest BCUT2D eigenvalue weighted by atomic mass is 19.3. The van der Waals surface area contributed by atoms with Gasteiger partial charge in [0.1, 0.15) is 5.69 Å². The van der Waals surface area contributed by atoms with Crippen molar-refractivity contribution >= 4 is 16.8 Å². The summed E-state index contributed by atoms with van der Waals surface area (Å²) in [7, 11) is 1.51. The number of nitrogens with one attached hydrogen (secondary N) is 2. The molecule has 2 heterocycles. The first-order valence-corrected chi connectivity index (χ1v) is 7.63. The largest absolute Gasteiger partial charge is 0.358 e. The van der Waals surface area contributed by atoms with Gasteiger partial charge in [-0.1, -0.05) is 18.2 Å². The van der Waals surface area contributed by atoms with Gasteiger partial charge >= 0.3 is 0 Å². The fourth-order valence-corrected chi connectivity index (χ4v) is 2.89. The van der Waals surface area contributed by atoms with E-state index in [1.54, 1.807) is 0 Å². The number of benzene rings is 1. The van der Waals surface area contributed by atoms with Crippen LogP contribution in [0, 0.1) is 6.92 Å². The van der Waals surface area contributed by atoms with Gasteiger partial charge in [0.15, 0.2) is 0 Å². The van der Waals surface area contributed by atoms with Gasteiger partial charge in [-0.25, -0.2) is 8.78 Å². The molecule has 0 aliphatic carbocycles. The maximum absolute atomic E-state index is 12.9. The maximum atomic E-state index is 12.9. The molecule has 0 fully saturated rings. The van der Waals surface area contributed by atoms with Crippen LogP contribution in [0.5, 0.6) is 0 Å². The minimum Gasteiger partial charge on any atom is -0.358 e. The van der Waals surface area contributed by atoms with Crippen LogP contribution in [-0.4, -0.2) is 27.2 Å². The van der Waals surface area contributed by atoms with Crippen molar-refractivity contribution < 1.29 is 13.6 Å². The number of hydrogen-bond acceptors (Lipinski definition) is 2. The Labute approximate surface area is 137 Å². The van der Waals surface area contributed by atoms with Crippen molar-refractivity contribution in [1.82, 2.24) is 20.1 Å². The van der Waals surface area contributed by atoms with E-state index < -0.39 is 18.0 Å². The van der Waals surface area contributed by atoms with Gasteiger partial charge < -0.3 is 10.3 Å². The predicted molar refractivity (Wildman–Crippen MR) is 87.2 cm³/mol. The van der Waals surface area contributed by atoms with Crippen molar-refractivity contribution in [2.75, 3.05) is 6.54 Å². The Bertz CT molecular complexity index is 882. The number of para-hydroxylation sites is 1. The maximum Gasteiger partial charge on any atom is 0.282 e. The zero-order valence-electron chi connectivity index (χ0n) is 13.4. The molecule has 2 aromatic heterocycles. The first-order valence-electron chi connectivity index (χ1n) is 7.63. The number of nitrogens with zero attached hydrogens (tertiary/aromatic N) is 2. The fraction of sp³-hybridized carbons (Fsp3) is 0.294. The molecule has 126 valence electrons. The summed E-state index contributed by atoms with van der Waals surface area (Å²) in [6.07, 6.45) is -0.845. The van der Waals surface area contributed by atoms with Crippen molar-refractivity contribution in [1.29, 1.82) is 0 Å². The molecular weight excluding hydrogens is 314 g/mol. The Morgan fingerprint density at radius 2 is 2.12 bits per heavy atom. The van der Waals surface area contributed by atoms with Gasteiger partial charge in [0.25, 0.3) is 12.3 Å². The van der Waals surface area contributed by atoms with Crippen LogP contribution < -0.4 is 5.32 Å². The number of alkyl halides is 2. The number of carbonyl (C=O) groups excluding carboxylic acids is 1. The van der Waals surface area contributed by atoms with Gasteiger partial charge in [0, 0.05) is 36.4 Å². The average molecular weight is 332 g/mol. The highest BCUT2D eigenvalue weighted by molar-refractivity contribution is 5.95. The monoisotopic (exact) mass is 332 g/mol. The molecule has 0 aliphatic heterocycles. The number of hydrogen-bond donors (Lipinski definition) is 2. The van der Waals surface area contributed by atoms with Crippen molar-refractivity contribution in [2.45, 2.75) is 19.8 Å². The van der Waals surface area contributed by atoms with Gasteiger partial charge in [0.05, 0.1) is 5.56 Å². The summed E-state index contributed by atoms with van der Waals surface area (Å²) in [5.74, 6) is -0.532. The molecule has 0 saturated carbocycles. The summed E-state index contributed by atoms with van der Waals surface area (Å²) >= 11 is 0. The molecule has 0 unspecified atom stereocenters. The SMILES string of the molecule is Cc1[nH]c2ccccc2c1CCNC(=O)c1cn(C)nc1C(F)F. The topological polar surface area (TPSA) is 62.7 Å². The number of aromatic nitrogens is 3. The number of rotatable bonds is 5. The van der Waals surface area contributed by atoms with Crippen LogP contribution in [0.3, 0.4) is 0 Å². The molecule has 0 saturated heterocycles. The van der Waals surface area contributed by atoms with Crippen LogP contribution in [0.4, 0.5) is 8.78 Å². The standard InChI is InChI=1S/C17H18F2N4O/c1-10-11(12-5-3-4-6-14(12)21-10)7-8-20-17(24)13-9-23(2)22-15(13)16(18)19/h3-6,9,16,21H,7-8H2,1-2H3,(H,20,24). The molecule has 0 bridgehead atoms. The molecule has 5 nitrogen and oxygen atoms in total. The van der Waals surface area contributed by atoms with E-state index in [0.717, 1.165) is 22.2 Å². The van der Waals surface area contributed by atoms with Crippen molar-refractivity contribution in [2.24, 2.45) is 7.05 Å². The third kappa shape index (κ3) is 3.02. The minimum atomic E-state index is -2.78. The van der Waals surface area contributed by atoms with Crippen LogP contribution >= 0.6 is 0 Å². The first kappa shape index (κ1) is 16.2. The number of fused-ring (bicyclic) bond motifs is 1. The van der Waals surface area contributed by atoms with E-state index in [4.69, 9.17) is 0 Å². The summed E-state index contributed by atoms with van der Waals surface area (Å²) < 4.78 is 27.1. The Kier molecular flexibility index (Phi) is 4.33. The van der Waals surface area contributed by atoms with Crippen molar-refractivity contribution in [3.8, 4) is 0 Å².